The summed E-state index contributed by atoms with van der Waals surface area (Å²) in [4.78, 5) is 28.6. The summed E-state index contributed by atoms with van der Waals surface area (Å²) in [5.41, 5.74) is 4.39. The minimum Gasteiger partial charge on any atom is -0.354 e. The van der Waals surface area contributed by atoms with E-state index in [2.05, 4.69) is 24.4 Å². The number of hydrogen-bond acceptors (Lipinski definition) is 3. The summed E-state index contributed by atoms with van der Waals surface area (Å²) in [6.45, 7) is 5.02. The van der Waals surface area contributed by atoms with Crippen LogP contribution in [0.15, 0.2) is 78.9 Å². The molecule has 0 saturated heterocycles. The van der Waals surface area contributed by atoms with Crippen molar-refractivity contribution in [3.63, 3.8) is 0 Å². The van der Waals surface area contributed by atoms with Crippen molar-refractivity contribution in [3.05, 3.63) is 106 Å². The second kappa shape index (κ2) is 14.0. The number of carbonyl (C=O) groups excluding carboxylic acids is 2. The molecule has 0 aliphatic carbocycles. The van der Waals surface area contributed by atoms with Crippen LogP contribution in [0.2, 0.25) is 5.02 Å². The maximum Gasteiger partial charge on any atom is 0.243 e. The SMILES string of the molecule is CCCNC(=O)[C@@H](Cc1ccccc1)N(Cc1ccc(Cl)cc1)C(=O)CSCc1ccccc1C. The molecule has 0 heterocycles. The Balaban J connectivity index is 1.83. The van der Waals surface area contributed by atoms with Gasteiger partial charge < -0.3 is 10.2 Å². The standard InChI is InChI=1S/C29H33ClN2O2S/c1-3-17-31-29(34)27(18-23-10-5-4-6-11-23)32(19-24-13-15-26(30)16-14-24)28(33)21-35-20-25-12-8-7-9-22(25)2/h4-16,27H,3,17-21H2,1-2H3,(H,31,34)/t27-/m1/s1. The Hall–Kier alpha value is -2.76. The first-order valence-corrected chi connectivity index (χ1v) is 13.5. The normalized spacial score (nSPS) is 11.6. The molecule has 0 radical (unpaired) electrons. The maximum atomic E-state index is 13.6. The highest BCUT2D eigenvalue weighted by Gasteiger charge is 2.30. The lowest BCUT2D eigenvalue weighted by Gasteiger charge is -2.31. The Morgan fingerprint density at radius 2 is 1.63 bits per heavy atom. The van der Waals surface area contributed by atoms with Crippen LogP contribution in [0.1, 0.15) is 35.6 Å². The fourth-order valence-corrected chi connectivity index (χ4v) is 4.92. The van der Waals surface area contributed by atoms with Crippen molar-refractivity contribution >= 4 is 35.2 Å². The molecule has 4 nitrogen and oxygen atoms in total. The predicted octanol–water partition coefficient (Wildman–Crippen LogP) is 6.05. The van der Waals surface area contributed by atoms with E-state index in [1.165, 1.54) is 11.1 Å². The lowest BCUT2D eigenvalue weighted by molar-refractivity contribution is -0.139. The average Bonchev–Trinajstić information content (AvgIpc) is 2.87. The van der Waals surface area contributed by atoms with E-state index in [9.17, 15) is 9.59 Å². The molecule has 0 bridgehead atoms. The van der Waals surface area contributed by atoms with Crippen molar-refractivity contribution in [2.75, 3.05) is 12.3 Å². The van der Waals surface area contributed by atoms with Gasteiger partial charge in [0.15, 0.2) is 0 Å². The number of hydrogen-bond donors (Lipinski definition) is 1. The van der Waals surface area contributed by atoms with Crippen LogP contribution in [0.5, 0.6) is 0 Å². The van der Waals surface area contributed by atoms with Crippen molar-refractivity contribution in [2.45, 2.75) is 45.0 Å². The lowest BCUT2D eigenvalue weighted by atomic mass is 10.0. The zero-order valence-electron chi connectivity index (χ0n) is 20.4. The van der Waals surface area contributed by atoms with Gasteiger partial charge >= 0.3 is 0 Å². The second-order valence-corrected chi connectivity index (χ2v) is 9.99. The maximum absolute atomic E-state index is 13.6. The molecule has 2 amide bonds. The van der Waals surface area contributed by atoms with Crippen molar-refractivity contribution in [3.8, 4) is 0 Å². The van der Waals surface area contributed by atoms with Gasteiger partial charge in [-0.2, -0.15) is 0 Å². The Morgan fingerprint density at radius 1 is 0.943 bits per heavy atom. The molecule has 35 heavy (non-hydrogen) atoms. The molecule has 0 spiro atoms. The van der Waals surface area contributed by atoms with E-state index in [4.69, 9.17) is 11.6 Å². The summed E-state index contributed by atoms with van der Waals surface area (Å²) >= 11 is 7.66. The Kier molecular flexibility index (Phi) is 10.7. The van der Waals surface area contributed by atoms with Gasteiger partial charge in [0.05, 0.1) is 5.75 Å². The number of rotatable bonds is 12. The van der Waals surface area contributed by atoms with Crippen LogP contribution in [0.25, 0.3) is 0 Å². The number of nitrogens with zero attached hydrogens (tertiary/aromatic N) is 1. The van der Waals surface area contributed by atoms with E-state index in [-0.39, 0.29) is 11.8 Å². The van der Waals surface area contributed by atoms with Crippen LogP contribution < -0.4 is 5.32 Å². The van der Waals surface area contributed by atoms with E-state index in [0.29, 0.717) is 30.3 Å². The molecule has 1 atom stereocenters. The third-order valence-corrected chi connectivity index (χ3v) is 7.05. The van der Waals surface area contributed by atoms with Crippen LogP contribution >= 0.6 is 23.4 Å². The molecule has 3 aromatic rings. The predicted molar refractivity (Wildman–Crippen MR) is 147 cm³/mol. The molecule has 3 rings (SSSR count). The smallest absolute Gasteiger partial charge is 0.243 e. The highest BCUT2D eigenvalue weighted by atomic mass is 35.5. The summed E-state index contributed by atoms with van der Waals surface area (Å²) in [6, 6.07) is 24.9. The van der Waals surface area contributed by atoms with Gasteiger partial charge in [0.1, 0.15) is 6.04 Å². The number of aryl methyl sites for hydroxylation is 1. The first kappa shape index (κ1) is 26.8. The molecule has 184 valence electrons. The van der Waals surface area contributed by atoms with Gasteiger partial charge in [-0.05, 0) is 47.7 Å². The molecule has 0 aliphatic rings. The summed E-state index contributed by atoms with van der Waals surface area (Å²) < 4.78 is 0. The highest BCUT2D eigenvalue weighted by molar-refractivity contribution is 7.99. The Bertz CT molecular complexity index is 1090. The molecule has 1 N–H and O–H groups in total. The minimum atomic E-state index is -0.605. The van der Waals surface area contributed by atoms with Crippen LogP contribution in [-0.4, -0.2) is 35.1 Å². The van der Waals surface area contributed by atoms with E-state index < -0.39 is 6.04 Å². The van der Waals surface area contributed by atoms with Gasteiger partial charge in [-0.25, -0.2) is 0 Å². The fourth-order valence-electron chi connectivity index (χ4n) is 3.81. The summed E-state index contributed by atoms with van der Waals surface area (Å²) in [6.07, 6.45) is 1.29. The topological polar surface area (TPSA) is 49.4 Å². The van der Waals surface area contributed by atoms with Gasteiger partial charge in [0.25, 0.3) is 0 Å². The first-order chi connectivity index (χ1) is 17.0. The van der Waals surface area contributed by atoms with Gasteiger partial charge in [-0.3, -0.25) is 9.59 Å². The Morgan fingerprint density at radius 3 is 2.31 bits per heavy atom. The summed E-state index contributed by atoms with van der Waals surface area (Å²) in [5.74, 6) is 0.875. The van der Waals surface area contributed by atoms with Crippen molar-refractivity contribution in [1.82, 2.24) is 10.2 Å². The van der Waals surface area contributed by atoms with Gasteiger partial charge in [0, 0.05) is 30.3 Å². The summed E-state index contributed by atoms with van der Waals surface area (Å²) in [7, 11) is 0. The molecule has 0 aromatic heterocycles. The first-order valence-electron chi connectivity index (χ1n) is 12.0. The van der Waals surface area contributed by atoms with E-state index in [0.717, 1.165) is 23.3 Å². The molecular weight excluding hydrogens is 476 g/mol. The third-order valence-electron chi connectivity index (χ3n) is 5.83. The molecule has 0 unspecified atom stereocenters. The van der Waals surface area contributed by atoms with Crippen LogP contribution in [0, 0.1) is 6.92 Å². The van der Waals surface area contributed by atoms with Gasteiger partial charge in [0.2, 0.25) is 11.8 Å². The molecule has 0 fully saturated rings. The van der Waals surface area contributed by atoms with Crippen LogP contribution in [-0.2, 0) is 28.3 Å². The van der Waals surface area contributed by atoms with Crippen molar-refractivity contribution in [1.29, 1.82) is 0 Å². The largest absolute Gasteiger partial charge is 0.354 e. The number of nitrogens with one attached hydrogen (secondary N) is 1. The summed E-state index contributed by atoms with van der Waals surface area (Å²) in [5, 5.41) is 3.65. The quantitative estimate of drug-likeness (QED) is 0.324. The fraction of sp³-hybridized carbons (Fsp3) is 0.310. The lowest BCUT2D eigenvalue weighted by Crippen LogP contribution is -2.51. The minimum absolute atomic E-state index is 0.0499. The molecule has 3 aromatic carbocycles. The molecule has 0 saturated carbocycles. The van der Waals surface area contributed by atoms with E-state index in [1.54, 1.807) is 16.7 Å². The third kappa shape index (κ3) is 8.44. The number of carbonyl (C=O) groups is 2. The van der Waals surface area contributed by atoms with E-state index in [1.807, 2.05) is 73.7 Å². The van der Waals surface area contributed by atoms with Crippen molar-refractivity contribution in [2.24, 2.45) is 0 Å². The highest BCUT2D eigenvalue weighted by Crippen LogP contribution is 2.20. The zero-order chi connectivity index (χ0) is 25.0. The monoisotopic (exact) mass is 508 g/mol. The number of halogens is 1. The van der Waals surface area contributed by atoms with Gasteiger partial charge in [-0.15, -0.1) is 11.8 Å². The number of amides is 2. The zero-order valence-corrected chi connectivity index (χ0v) is 21.9. The average molecular weight is 509 g/mol. The van der Waals surface area contributed by atoms with Gasteiger partial charge in [-0.1, -0.05) is 85.3 Å². The molecule has 0 aliphatic heterocycles. The van der Waals surface area contributed by atoms with Crippen molar-refractivity contribution < 1.29 is 9.59 Å². The van der Waals surface area contributed by atoms with Crippen LogP contribution in [0.4, 0.5) is 0 Å². The second-order valence-electron chi connectivity index (χ2n) is 8.56. The van der Waals surface area contributed by atoms with E-state index >= 15 is 0 Å². The molecule has 6 heteroatoms. The Labute approximate surface area is 218 Å². The number of benzene rings is 3. The van der Waals surface area contributed by atoms with Crippen LogP contribution in [0.3, 0.4) is 0 Å². The molecular formula is C29H33ClN2O2S. The number of thioether (sulfide) groups is 1.